The number of amides is 4. The van der Waals surface area contributed by atoms with E-state index in [-0.39, 0.29) is 23.6 Å². The van der Waals surface area contributed by atoms with Crippen molar-refractivity contribution in [2.45, 2.75) is 44.9 Å². The Morgan fingerprint density at radius 2 is 0.926 bits per heavy atom. The number of nitrogens with one attached hydrogen (secondary N) is 4. The van der Waals surface area contributed by atoms with Gasteiger partial charge >= 0.3 is 0 Å². The first-order valence-corrected chi connectivity index (χ1v) is 9.33. The molecule has 4 N–H and O–H groups in total. The lowest BCUT2D eigenvalue weighted by molar-refractivity contribution is -0.121. The molecule has 152 valence electrons. The summed E-state index contributed by atoms with van der Waals surface area (Å²) >= 11 is 0. The summed E-state index contributed by atoms with van der Waals surface area (Å²) in [7, 11) is 0. The summed E-state index contributed by atoms with van der Waals surface area (Å²) < 4.78 is 0. The van der Waals surface area contributed by atoms with Crippen molar-refractivity contribution < 1.29 is 19.2 Å². The Morgan fingerprint density at radius 1 is 0.556 bits per heavy atom. The molecule has 8 nitrogen and oxygen atoms in total. The van der Waals surface area contributed by atoms with E-state index in [2.05, 4.69) is 34.4 Å². The summed E-state index contributed by atoms with van der Waals surface area (Å²) in [5, 5.41) is 10.9. The van der Waals surface area contributed by atoms with Crippen LogP contribution >= 0.6 is 0 Å². The second kappa shape index (κ2) is 16.8. The number of hydrogen-bond acceptors (Lipinski definition) is 4. The average Bonchev–Trinajstić information content (AvgIpc) is 2.66. The van der Waals surface area contributed by atoms with E-state index >= 15 is 0 Å². The van der Waals surface area contributed by atoms with Crippen molar-refractivity contribution in [2.75, 3.05) is 26.2 Å². The van der Waals surface area contributed by atoms with Gasteiger partial charge in [-0.3, -0.25) is 19.2 Å². The van der Waals surface area contributed by atoms with Gasteiger partial charge < -0.3 is 21.3 Å². The smallest absolute Gasteiger partial charge is 0.243 e. The summed E-state index contributed by atoms with van der Waals surface area (Å²) in [6, 6.07) is 0. The second-order valence-corrected chi connectivity index (χ2v) is 5.96. The van der Waals surface area contributed by atoms with Gasteiger partial charge in [-0.1, -0.05) is 13.2 Å². The molecule has 0 aliphatic carbocycles. The summed E-state index contributed by atoms with van der Waals surface area (Å²) in [6.45, 7) is 8.81. The molecule has 4 amide bonds. The van der Waals surface area contributed by atoms with Gasteiger partial charge in [0.05, 0.1) is 0 Å². The van der Waals surface area contributed by atoms with Crippen LogP contribution in [-0.4, -0.2) is 49.8 Å². The van der Waals surface area contributed by atoms with Crippen molar-refractivity contribution in [2.24, 2.45) is 0 Å². The van der Waals surface area contributed by atoms with Crippen LogP contribution in [0, 0.1) is 0 Å². The van der Waals surface area contributed by atoms with Crippen molar-refractivity contribution in [1.82, 2.24) is 21.3 Å². The van der Waals surface area contributed by atoms with Gasteiger partial charge in [-0.25, -0.2) is 0 Å². The van der Waals surface area contributed by atoms with E-state index in [0.29, 0.717) is 58.3 Å². The molecule has 0 aromatic carbocycles. The molecule has 0 spiro atoms. The largest absolute Gasteiger partial charge is 0.356 e. The maximum Gasteiger partial charge on any atom is 0.243 e. The molecule has 0 saturated heterocycles. The topological polar surface area (TPSA) is 116 Å². The van der Waals surface area contributed by atoms with E-state index in [4.69, 9.17) is 0 Å². The van der Waals surface area contributed by atoms with E-state index in [1.54, 1.807) is 0 Å². The third-order valence-electron chi connectivity index (χ3n) is 3.63. The molecule has 0 atom stereocenters. The Morgan fingerprint density at radius 3 is 1.30 bits per heavy atom. The van der Waals surface area contributed by atoms with Crippen molar-refractivity contribution in [3.8, 4) is 0 Å². The van der Waals surface area contributed by atoms with Crippen LogP contribution in [0.2, 0.25) is 0 Å². The highest BCUT2D eigenvalue weighted by Gasteiger charge is 2.03. The Bertz CT molecular complexity index is 462. The molecule has 8 heteroatoms. The first-order chi connectivity index (χ1) is 13.0. The normalized spacial score (nSPS) is 9.78. The predicted octanol–water partition coefficient (Wildman–Crippen LogP) is 0.554. The molecular formula is C19H32N4O4. The number of hydrogen-bond donors (Lipinski definition) is 4. The Kier molecular flexibility index (Phi) is 15.2. The fourth-order valence-electron chi connectivity index (χ4n) is 2.11. The Balaban J connectivity index is 3.43. The van der Waals surface area contributed by atoms with E-state index in [0.717, 1.165) is 12.8 Å². The standard InChI is InChI=1S/C19H32N4O4/c1-3-16(24)20-12-7-5-10-18(26)22-14-9-15-23-19(27)11-6-8-13-21-17(25)4-2/h3-4H,1-2,5-15H2,(H,20,24)(H,21,25)(H,22,26)(H,23,27). The van der Waals surface area contributed by atoms with Gasteiger partial charge in [0, 0.05) is 39.0 Å². The van der Waals surface area contributed by atoms with Crippen LogP contribution in [0.15, 0.2) is 25.3 Å². The maximum absolute atomic E-state index is 11.6. The lowest BCUT2D eigenvalue weighted by atomic mass is 10.2. The van der Waals surface area contributed by atoms with E-state index in [1.165, 1.54) is 12.2 Å². The highest BCUT2D eigenvalue weighted by Crippen LogP contribution is 1.95. The Labute approximate surface area is 161 Å². The lowest BCUT2D eigenvalue weighted by Gasteiger charge is -2.07. The molecule has 0 aromatic rings. The molecule has 0 bridgehead atoms. The molecule has 0 unspecified atom stereocenters. The second-order valence-electron chi connectivity index (χ2n) is 5.96. The van der Waals surface area contributed by atoms with Crippen LogP contribution < -0.4 is 21.3 Å². The predicted molar refractivity (Wildman–Crippen MR) is 105 cm³/mol. The summed E-state index contributed by atoms with van der Waals surface area (Å²) in [4.78, 5) is 45.1. The molecule has 0 heterocycles. The lowest BCUT2D eigenvalue weighted by Crippen LogP contribution is -2.30. The van der Waals surface area contributed by atoms with E-state index < -0.39 is 0 Å². The first-order valence-electron chi connectivity index (χ1n) is 9.33. The quantitative estimate of drug-likeness (QED) is 0.231. The highest BCUT2D eigenvalue weighted by molar-refractivity contribution is 5.87. The number of unbranched alkanes of at least 4 members (excludes halogenated alkanes) is 2. The zero-order valence-electron chi connectivity index (χ0n) is 16.0. The van der Waals surface area contributed by atoms with Gasteiger partial charge in [0.2, 0.25) is 23.6 Å². The molecule has 0 saturated carbocycles. The number of rotatable bonds is 16. The molecule has 0 rings (SSSR count). The minimum Gasteiger partial charge on any atom is -0.356 e. The van der Waals surface area contributed by atoms with Crippen LogP contribution in [0.25, 0.3) is 0 Å². The molecule has 0 aliphatic heterocycles. The zero-order valence-corrected chi connectivity index (χ0v) is 16.0. The van der Waals surface area contributed by atoms with Gasteiger partial charge in [-0.15, -0.1) is 0 Å². The molecule has 27 heavy (non-hydrogen) atoms. The van der Waals surface area contributed by atoms with Gasteiger partial charge in [-0.2, -0.15) is 0 Å². The van der Waals surface area contributed by atoms with E-state index in [9.17, 15) is 19.2 Å². The van der Waals surface area contributed by atoms with Crippen LogP contribution in [0.3, 0.4) is 0 Å². The fraction of sp³-hybridized carbons (Fsp3) is 0.579. The fourth-order valence-corrected chi connectivity index (χ4v) is 2.11. The van der Waals surface area contributed by atoms with Gasteiger partial charge in [0.1, 0.15) is 0 Å². The number of carbonyl (C=O) groups is 4. The van der Waals surface area contributed by atoms with Crippen LogP contribution in [-0.2, 0) is 19.2 Å². The SMILES string of the molecule is C=CC(=O)NCCCCC(=O)NCCCNC(=O)CCCCNC(=O)C=C. The van der Waals surface area contributed by atoms with Gasteiger partial charge in [0.15, 0.2) is 0 Å². The number of carbonyl (C=O) groups excluding carboxylic acids is 4. The minimum atomic E-state index is -0.207. The average molecular weight is 380 g/mol. The third kappa shape index (κ3) is 16.6. The molecule has 0 radical (unpaired) electrons. The van der Waals surface area contributed by atoms with E-state index in [1.807, 2.05) is 0 Å². The molecule has 0 aromatic heterocycles. The zero-order chi connectivity index (χ0) is 20.3. The van der Waals surface area contributed by atoms with Crippen LogP contribution in [0.4, 0.5) is 0 Å². The summed E-state index contributed by atoms with van der Waals surface area (Å²) in [6.07, 6.45) is 6.81. The highest BCUT2D eigenvalue weighted by atomic mass is 16.2. The third-order valence-corrected chi connectivity index (χ3v) is 3.63. The summed E-state index contributed by atoms with van der Waals surface area (Å²) in [5.74, 6) is -0.474. The molecular weight excluding hydrogens is 348 g/mol. The molecule has 0 fully saturated rings. The summed E-state index contributed by atoms with van der Waals surface area (Å²) in [5.41, 5.74) is 0. The van der Waals surface area contributed by atoms with Gasteiger partial charge in [0.25, 0.3) is 0 Å². The minimum absolute atomic E-state index is 0.0297. The van der Waals surface area contributed by atoms with Crippen LogP contribution in [0.5, 0.6) is 0 Å². The van der Waals surface area contributed by atoms with Crippen molar-refractivity contribution >= 4 is 23.6 Å². The van der Waals surface area contributed by atoms with Crippen molar-refractivity contribution in [3.63, 3.8) is 0 Å². The maximum atomic E-state index is 11.6. The Hall–Kier alpha value is -2.64. The monoisotopic (exact) mass is 380 g/mol. The van der Waals surface area contributed by atoms with Gasteiger partial charge in [-0.05, 0) is 44.3 Å². The molecule has 0 aliphatic rings. The van der Waals surface area contributed by atoms with Crippen molar-refractivity contribution in [3.05, 3.63) is 25.3 Å². The first kappa shape index (κ1) is 24.4. The van der Waals surface area contributed by atoms with Crippen molar-refractivity contribution in [1.29, 1.82) is 0 Å². The van der Waals surface area contributed by atoms with Crippen LogP contribution in [0.1, 0.15) is 44.9 Å².